The number of nitrogens with two attached hydrogens (primary N) is 1. The van der Waals surface area contributed by atoms with Crippen LogP contribution in [-0.4, -0.2) is 21.0 Å². The minimum absolute atomic E-state index is 0.174. The summed E-state index contributed by atoms with van der Waals surface area (Å²) in [5.74, 6) is 0.353. The zero-order chi connectivity index (χ0) is 14.6. The van der Waals surface area contributed by atoms with Crippen molar-refractivity contribution in [1.29, 1.82) is 0 Å². The quantitative estimate of drug-likeness (QED) is 0.847. The highest BCUT2D eigenvalue weighted by atomic mass is 79.9. The standard InChI is InChI=1S/C14H21BrN2O2S/c15-12-8-4-5-9-14(12)20(18,19)17-13(10-16)11-6-2-1-3-7-11/h4-5,8-9,11,13,17H,1-3,6-7,10,16H2. The van der Waals surface area contributed by atoms with Gasteiger partial charge in [0.1, 0.15) is 0 Å². The minimum Gasteiger partial charge on any atom is -0.329 e. The molecular formula is C14H21BrN2O2S. The van der Waals surface area contributed by atoms with E-state index in [1.807, 2.05) is 0 Å². The van der Waals surface area contributed by atoms with Crippen LogP contribution in [0.25, 0.3) is 0 Å². The van der Waals surface area contributed by atoms with Gasteiger partial charge in [-0.05, 0) is 46.8 Å². The molecule has 1 aliphatic carbocycles. The van der Waals surface area contributed by atoms with Crippen LogP contribution in [-0.2, 0) is 10.0 Å². The fraction of sp³-hybridized carbons (Fsp3) is 0.571. The third-order valence-electron chi connectivity index (χ3n) is 3.91. The van der Waals surface area contributed by atoms with Gasteiger partial charge < -0.3 is 5.73 Å². The third kappa shape index (κ3) is 3.81. The first-order valence-electron chi connectivity index (χ1n) is 7.01. The van der Waals surface area contributed by atoms with Crippen LogP contribution in [0.4, 0.5) is 0 Å². The van der Waals surface area contributed by atoms with Gasteiger partial charge in [0, 0.05) is 17.1 Å². The van der Waals surface area contributed by atoms with Crippen LogP contribution >= 0.6 is 15.9 Å². The van der Waals surface area contributed by atoms with Crippen LogP contribution in [0.5, 0.6) is 0 Å². The van der Waals surface area contributed by atoms with Crippen molar-refractivity contribution in [1.82, 2.24) is 4.72 Å². The van der Waals surface area contributed by atoms with Crippen molar-refractivity contribution in [2.45, 2.75) is 43.0 Å². The highest BCUT2D eigenvalue weighted by Crippen LogP contribution is 2.28. The monoisotopic (exact) mass is 360 g/mol. The summed E-state index contributed by atoms with van der Waals surface area (Å²) in [6.07, 6.45) is 5.68. The van der Waals surface area contributed by atoms with E-state index in [-0.39, 0.29) is 10.9 Å². The van der Waals surface area contributed by atoms with Gasteiger partial charge in [0.05, 0.1) is 4.90 Å². The summed E-state index contributed by atoms with van der Waals surface area (Å²) < 4.78 is 28.3. The molecule has 2 rings (SSSR count). The van der Waals surface area contributed by atoms with Gasteiger partial charge in [-0.3, -0.25) is 0 Å². The molecule has 0 bridgehead atoms. The zero-order valence-corrected chi connectivity index (χ0v) is 13.8. The van der Waals surface area contributed by atoms with Crippen molar-refractivity contribution in [3.05, 3.63) is 28.7 Å². The molecule has 1 aliphatic rings. The largest absolute Gasteiger partial charge is 0.329 e. The lowest BCUT2D eigenvalue weighted by molar-refractivity contribution is 0.294. The highest BCUT2D eigenvalue weighted by Gasteiger charge is 2.28. The second kappa shape index (κ2) is 7.02. The molecule has 0 heterocycles. The van der Waals surface area contributed by atoms with E-state index >= 15 is 0 Å². The summed E-state index contributed by atoms with van der Waals surface area (Å²) in [6.45, 7) is 0.342. The maximum Gasteiger partial charge on any atom is 0.241 e. The van der Waals surface area contributed by atoms with Crippen LogP contribution in [0, 0.1) is 5.92 Å². The highest BCUT2D eigenvalue weighted by molar-refractivity contribution is 9.10. The molecule has 4 nitrogen and oxygen atoms in total. The Labute approximate surface area is 129 Å². The molecule has 1 unspecified atom stereocenters. The summed E-state index contributed by atoms with van der Waals surface area (Å²) in [4.78, 5) is 0.272. The van der Waals surface area contributed by atoms with Crippen molar-refractivity contribution >= 4 is 26.0 Å². The normalized spacial score (nSPS) is 18.9. The maximum atomic E-state index is 12.5. The molecule has 3 N–H and O–H groups in total. The Morgan fingerprint density at radius 1 is 1.25 bits per heavy atom. The molecule has 1 aromatic rings. The minimum atomic E-state index is -3.53. The molecule has 0 saturated heterocycles. The second-order valence-electron chi connectivity index (χ2n) is 5.29. The number of benzene rings is 1. The van der Waals surface area contributed by atoms with Crippen LogP contribution in [0.3, 0.4) is 0 Å². The molecule has 0 aliphatic heterocycles. The second-order valence-corrected chi connectivity index (χ2v) is 7.83. The number of nitrogens with one attached hydrogen (secondary N) is 1. The lowest BCUT2D eigenvalue weighted by Gasteiger charge is -2.29. The van der Waals surface area contributed by atoms with Crippen molar-refractivity contribution in [2.75, 3.05) is 6.54 Å². The predicted octanol–water partition coefficient (Wildman–Crippen LogP) is 2.64. The topological polar surface area (TPSA) is 72.2 Å². The first-order valence-corrected chi connectivity index (χ1v) is 9.29. The van der Waals surface area contributed by atoms with Crippen LogP contribution < -0.4 is 10.5 Å². The van der Waals surface area contributed by atoms with Crippen LogP contribution in [0.1, 0.15) is 32.1 Å². The molecule has 1 aromatic carbocycles. The van der Waals surface area contributed by atoms with Crippen molar-refractivity contribution in [3.8, 4) is 0 Å². The van der Waals surface area contributed by atoms with Crippen molar-refractivity contribution in [3.63, 3.8) is 0 Å². The molecule has 1 atom stereocenters. The van der Waals surface area contributed by atoms with E-state index < -0.39 is 10.0 Å². The summed E-state index contributed by atoms with van der Waals surface area (Å²) in [7, 11) is -3.53. The van der Waals surface area contributed by atoms with Gasteiger partial charge in [0.2, 0.25) is 10.0 Å². The number of sulfonamides is 1. The van der Waals surface area contributed by atoms with E-state index in [9.17, 15) is 8.42 Å². The lowest BCUT2D eigenvalue weighted by Crippen LogP contribution is -2.45. The number of rotatable bonds is 5. The van der Waals surface area contributed by atoms with Gasteiger partial charge in [-0.1, -0.05) is 31.4 Å². The summed E-state index contributed by atoms with van der Waals surface area (Å²) >= 11 is 3.29. The Kier molecular flexibility index (Phi) is 5.60. The van der Waals surface area contributed by atoms with E-state index in [4.69, 9.17) is 5.73 Å². The van der Waals surface area contributed by atoms with Gasteiger partial charge in [-0.2, -0.15) is 0 Å². The first kappa shape index (κ1) is 15.9. The Morgan fingerprint density at radius 2 is 1.90 bits per heavy atom. The molecular weight excluding hydrogens is 340 g/mol. The number of hydrogen-bond donors (Lipinski definition) is 2. The van der Waals surface area contributed by atoms with Crippen LogP contribution in [0.15, 0.2) is 33.6 Å². The van der Waals surface area contributed by atoms with Crippen LogP contribution in [0.2, 0.25) is 0 Å². The zero-order valence-electron chi connectivity index (χ0n) is 11.4. The average molecular weight is 361 g/mol. The lowest BCUT2D eigenvalue weighted by atomic mass is 9.84. The predicted molar refractivity (Wildman–Crippen MR) is 83.9 cm³/mol. The molecule has 1 fully saturated rings. The summed E-state index contributed by atoms with van der Waals surface area (Å²) in [6, 6.07) is 6.67. The molecule has 0 amide bonds. The van der Waals surface area contributed by atoms with Crippen molar-refractivity contribution in [2.24, 2.45) is 11.7 Å². The van der Waals surface area contributed by atoms with E-state index in [2.05, 4.69) is 20.7 Å². The van der Waals surface area contributed by atoms with E-state index in [0.717, 1.165) is 25.7 Å². The Balaban J connectivity index is 2.15. The first-order chi connectivity index (χ1) is 9.54. The number of halogens is 1. The maximum absolute atomic E-state index is 12.5. The summed E-state index contributed by atoms with van der Waals surface area (Å²) in [5.41, 5.74) is 5.79. The Bertz CT molecular complexity index is 542. The molecule has 112 valence electrons. The van der Waals surface area contributed by atoms with E-state index in [1.54, 1.807) is 24.3 Å². The SMILES string of the molecule is NCC(NS(=O)(=O)c1ccccc1Br)C1CCCCC1. The molecule has 0 radical (unpaired) electrons. The Hall–Kier alpha value is -0.430. The van der Waals surface area contributed by atoms with Gasteiger partial charge in [-0.15, -0.1) is 0 Å². The average Bonchev–Trinajstić information content (AvgIpc) is 2.46. The smallest absolute Gasteiger partial charge is 0.241 e. The molecule has 0 spiro atoms. The third-order valence-corrected chi connectivity index (χ3v) is 6.41. The summed E-state index contributed by atoms with van der Waals surface area (Å²) in [5, 5.41) is 0. The molecule has 1 saturated carbocycles. The number of hydrogen-bond acceptors (Lipinski definition) is 3. The fourth-order valence-corrected chi connectivity index (χ4v) is 5.12. The van der Waals surface area contributed by atoms with E-state index in [0.29, 0.717) is 16.9 Å². The molecule has 6 heteroatoms. The molecule has 0 aromatic heterocycles. The fourth-order valence-electron chi connectivity index (χ4n) is 2.80. The van der Waals surface area contributed by atoms with Gasteiger partial charge in [0.25, 0.3) is 0 Å². The van der Waals surface area contributed by atoms with Gasteiger partial charge >= 0.3 is 0 Å². The van der Waals surface area contributed by atoms with Crippen molar-refractivity contribution < 1.29 is 8.42 Å². The van der Waals surface area contributed by atoms with E-state index in [1.165, 1.54) is 6.42 Å². The molecule has 20 heavy (non-hydrogen) atoms. The van der Waals surface area contributed by atoms with Gasteiger partial charge in [-0.25, -0.2) is 13.1 Å². The van der Waals surface area contributed by atoms with Gasteiger partial charge in [0.15, 0.2) is 0 Å². The Morgan fingerprint density at radius 3 is 2.50 bits per heavy atom.